The Morgan fingerprint density at radius 2 is 2.32 bits per heavy atom. The zero-order chi connectivity index (χ0) is 13.8. The van der Waals surface area contributed by atoms with Crippen LogP contribution in [0, 0.1) is 0 Å². The van der Waals surface area contributed by atoms with Gasteiger partial charge in [0.25, 0.3) is 0 Å². The zero-order valence-corrected chi connectivity index (χ0v) is 12.8. The van der Waals surface area contributed by atoms with Crippen molar-refractivity contribution in [3.05, 3.63) is 40.4 Å². The molecule has 1 atom stereocenters. The molecular weight excluding hydrogens is 308 g/mol. The largest absolute Gasteiger partial charge is 0.493 e. The van der Waals surface area contributed by atoms with Gasteiger partial charge in [0.15, 0.2) is 5.75 Å². The van der Waals surface area contributed by atoms with E-state index in [0.717, 1.165) is 28.2 Å². The van der Waals surface area contributed by atoms with Crippen molar-refractivity contribution < 1.29 is 4.74 Å². The van der Waals surface area contributed by atoms with Gasteiger partial charge in [0.2, 0.25) is 0 Å². The smallest absolute Gasteiger partial charge is 0.161 e. The molecule has 0 aliphatic carbocycles. The molecule has 1 N–H and O–H groups in total. The minimum atomic E-state index is -0.0666. The molecule has 0 saturated carbocycles. The summed E-state index contributed by atoms with van der Waals surface area (Å²) >= 11 is 3.55. The second-order valence-electron chi connectivity index (χ2n) is 4.08. The Labute approximate surface area is 121 Å². The van der Waals surface area contributed by atoms with Gasteiger partial charge in [-0.1, -0.05) is 6.92 Å². The average Bonchev–Trinajstić information content (AvgIpc) is 2.78. The normalized spacial score (nSPS) is 12.4. The Morgan fingerprint density at radius 3 is 2.95 bits per heavy atom. The first-order valence-corrected chi connectivity index (χ1v) is 6.88. The number of aromatic nitrogens is 3. The van der Waals surface area contributed by atoms with E-state index in [4.69, 9.17) is 4.74 Å². The first kappa shape index (κ1) is 14.0. The van der Waals surface area contributed by atoms with E-state index in [-0.39, 0.29) is 6.04 Å². The van der Waals surface area contributed by atoms with Crippen molar-refractivity contribution in [1.29, 1.82) is 0 Å². The van der Waals surface area contributed by atoms with Gasteiger partial charge in [0.1, 0.15) is 5.69 Å². The van der Waals surface area contributed by atoms with E-state index >= 15 is 0 Å². The standard InChI is InChI=1S/C13H17BrN4O/c1-4-15-12(11-9(14)6-5-7-16-11)13-10(19-3)8-17-18(13)2/h5-8,12,15H,4H2,1-3H3. The van der Waals surface area contributed by atoms with E-state index < -0.39 is 0 Å². The molecule has 19 heavy (non-hydrogen) atoms. The Hall–Kier alpha value is -1.40. The predicted octanol–water partition coefficient (Wildman–Crippen LogP) is 2.29. The van der Waals surface area contributed by atoms with E-state index in [1.54, 1.807) is 19.5 Å². The second-order valence-corrected chi connectivity index (χ2v) is 4.94. The van der Waals surface area contributed by atoms with Crippen molar-refractivity contribution in [2.75, 3.05) is 13.7 Å². The highest BCUT2D eigenvalue weighted by Crippen LogP contribution is 2.31. The molecule has 0 saturated heterocycles. The second kappa shape index (κ2) is 6.16. The SMILES string of the molecule is CCNC(c1ncccc1Br)c1c(OC)cnn1C. The van der Waals surface area contributed by atoms with Crippen LogP contribution in [-0.4, -0.2) is 28.4 Å². The number of halogens is 1. The topological polar surface area (TPSA) is 52.0 Å². The monoisotopic (exact) mass is 324 g/mol. The lowest BCUT2D eigenvalue weighted by Crippen LogP contribution is -2.26. The van der Waals surface area contributed by atoms with Crippen molar-refractivity contribution in [2.24, 2.45) is 7.05 Å². The minimum Gasteiger partial charge on any atom is -0.493 e. The summed E-state index contributed by atoms with van der Waals surface area (Å²) in [5.74, 6) is 0.756. The summed E-state index contributed by atoms with van der Waals surface area (Å²) < 4.78 is 8.16. The highest BCUT2D eigenvalue weighted by molar-refractivity contribution is 9.10. The van der Waals surface area contributed by atoms with Crippen LogP contribution >= 0.6 is 15.9 Å². The maximum atomic E-state index is 5.39. The molecule has 5 nitrogen and oxygen atoms in total. The van der Waals surface area contributed by atoms with Gasteiger partial charge in [0.05, 0.1) is 25.0 Å². The highest BCUT2D eigenvalue weighted by Gasteiger charge is 2.24. The molecule has 2 heterocycles. The maximum Gasteiger partial charge on any atom is 0.161 e. The molecule has 0 fully saturated rings. The highest BCUT2D eigenvalue weighted by atomic mass is 79.9. The number of rotatable bonds is 5. The van der Waals surface area contributed by atoms with Gasteiger partial charge in [-0.2, -0.15) is 5.10 Å². The molecule has 0 bridgehead atoms. The molecule has 0 amide bonds. The van der Waals surface area contributed by atoms with Gasteiger partial charge in [0, 0.05) is 17.7 Å². The zero-order valence-electron chi connectivity index (χ0n) is 11.2. The minimum absolute atomic E-state index is 0.0666. The van der Waals surface area contributed by atoms with Gasteiger partial charge >= 0.3 is 0 Å². The Balaban J connectivity index is 2.51. The number of nitrogens with zero attached hydrogens (tertiary/aromatic N) is 3. The summed E-state index contributed by atoms with van der Waals surface area (Å²) in [5, 5.41) is 7.68. The lowest BCUT2D eigenvalue weighted by atomic mass is 10.1. The molecule has 0 aliphatic rings. The summed E-state index contributed by atoms with van der Waals surface area (Å²) in [6.45, 7) is 2.88. The van der Waals surface area contributed by atoms with Crippen LogP contribution in [0.3, 0.4) is 0 Å². The number of nitrogens with one attached hydrogen (secondary N) is 1. The third kappa shape index (κ3) is 2.79. The molecule has 0 aromatic carbocycles. The van der Waals surface area contributed by atoms with Gasteiger partial charge in [-0.3, -0.25) is 9.67 Å². The van der Waals surface area contributed by atoms with Crippen LogP contribution in [0.2, 0.25) is 0 Å². The quantitative estimate of drug-likeness (QED) is 0.916. The number of ether oxygens (including phenoxy) is 1. The molecule has 102 valence electrons. The van der Waals surface area contributed by atoms with Crippen molar-refractivity contribution in [3.63, 3.8) is 0 Å². The fraction of sp³-hybridized carbons (Fsp3) is 0.385. The molecular formula is C13H17BrN4O. The van der Waals surface area contributed by atoms with Crippen LogP contribution in [0.4, 0.5) is 0 Å². The van der Waals surface area contributed by atoms with E-state index in [0.29, 0.717) is 0 Å². The lowest BCUT2D eigenvalue weighted by molar-refractivity contribution is 0.400. The molecule has 2 aromatic heterocycles. The van der Waals surface area contributed by atoms with Crippen molar-refractivity contribution in [2.45, 2.75) is 13.0 Å². The fourth-order valence-electron chi connectivity index (χ4n) is 2.05. The molecule has 0 radical (unpaired) electrons. The third-order valence-electron chi connectivity index (χ3n) is 2.91. The number of hydrogen-bond donors (Lipinski definition) is 1. The summed E-state index contributed by atoms with van der Waals surface area (Å²) in [7, 11) is 3.55. The molecule has 0 aliphatic heterocycles. The first-order chi connectivity index (χ1) is 9.19. The Bertz CT molecular complexity index is 555. The summed E-state index contributed by atoms with van der Waals surface area (Å²) in [6.07, 6.45) is 3.50. The number of hydrogen-bond acceptors (Lipinski definition) is 4. The number of aryl methyl sites for hydroxylation is 1. The number of pyridine rings is 1. The van der Waals surface area contributed by atoms with Crippen LogP contribution in [0.1, 0.15) is 24.4 Å². The van der Waals surface area contributed by atoms with Crippen molar-refractivity contribution in [1.82, 2.24) is 20.1 Å². The van der Waals surface area contributed by atoms with Gasteiger partial charge in [-0.25, -0.2) is 0 Å². The van der Waals surface area contributed by atoms with Crippen molar-refractivity contribution in [3.8, 4) is 5.75 Å². The van der Waals surface area contributed by atoms with Gasteiger partial charge < -0.3 is 10.1 Å². The van der Waals surface area contributed by atoms with E-state index in [1.165, 1.54) is 0 Å². The van der Waals surface area contributed by atoms with Crippen LogP contribution in [-0.2, 0) is 7.05 Å². The van der Waals surface area contributed by atoms with Crippen LogP contribution in [0.25, 0.3) is 0 Å². The summed E-state index contributed by atoms with van der Waals surface area (Å²) in [5.41, 5.74) is 1.88. The van der Waals surface area contributed by atoms with Crippen LogP contribution in [0.15, 0.2) is 29.0 Å². The molecule has 2 aromatic rings. The fourth-order valence-corrected chi connectivity index (χ4v) is 2.53. The Morgan fingerprint density at radius 1 is 1.53 bits per heavy atom. The first-order valence-electron chi connectivity index (χ1n) is 6.08. The maximum absolute atomic E-state index is 5.39. The van der Waals surface area contributed by atoms with Gasteiger partial charge in [-0.15, -0.1) is 0 Å². The van der Waals surface area contributed by atoms with Crippen LogP contribution < -0.4 is 10.1 Å². The third-order valence-corrected chi connectivity index (χ3v) is 3.58. The van der Waals surface area contributed by atoms with E-state index in [9.17, 15) is 0 Å². The summed E-state index contributed by atoms with van der Waals surface area (Å²) in [4.78, 5) is 4.46. The average molecular weight is 325 g/mol. The predicted molar refractivity (Wildman–Crippen MR) is 77.2 cm³/mol. The van der Waals surface area contributed by atoms with Crippen molar-refractivity contribution >= 4 is 15.9 Å². The summed E-state index contributed by atoms with van der Waals surface area (Å²) in [6, 6.07) is 3.81. The Kier molecular flexibility index (Phi) is 4.55. The molecule has 1 unspecified atom stereocenters. The van der Waals surface area contributed by atoms with Crippen LogP contribution in [0.5, 0.6) is 5.75 Å². The molecule has 2 rings (SSSR count). The lowest BCUT2D eigenvalue weighted by Gasteiger charge is -2.20. The molecule has 0 spiro atoms. The van der Waals surface area contributed by atoms with E-state index in [1.807, 2.05) is 23.9 Å². The van der Waals surface area contributed by atoms with E-state index in [2.05, 4.69) is 38.3 Å². The number of methoxy groups -OCH3 is 1. The molecule has 6 heteroatoms. The van der Waals surface area contributed by atoms with Gasteiger partial charge in [-0.05, 0) is 34.6 Å².